The zero-order valence-electron chi connectivity index (χ0n) is 11.9. The number of nitrogens with two attached hydrogens (primary N) is 1. The highest BCUT2D eigenvalue weighted by Gasteiger charge is 2.23. The molecule has 1 aromatic rings. The third-order valence-electron chi connectivity index (χ3n) is 3.70. The van der Waals surface area contributed by atoms with Crippen molar-refractivity contribution in [3.63, 3.8) is 0 Å². The zero-order chi connectivity index (χ0) is 14.5. The van der Waals surface area contributed by atoms with Gasteiger partial charge in [-0.05, 0) is 43.5 Å². The van der Waals surface area contributed by atoms with E-state index in [9.17, 15) is 4.79 Å². The molecule has 1 heterocycles. The van der Waals surface area contributed by atoms with E-state index in [1.54, 1.807) is 18.2 Å². The van der Waals surface area contributed by atoms with Crippen molar-refractivity contribution >= 4 is 28.9 Å². The van der Waals surface area contributed by atoms with Gasteiger partial charge in [0.25, 0.3) is 0 Å². The molecule has 0 saturated carbocycles. The molecule has 1 saturated heterocycles. The Morgan fingerprint density at radius 1 is 1.55 bits per heavy atom. The molecule has 1 unspecified atom stereocenters. The topological polar surface area (TPSA) is 58.4 Å². The first kappa shape index (κ1) is 15.1. The van der Waals surface area contributed by atoms with Gasteiger partial charge in [-0.25, -0.2) is 0 Å². The minimum absolute atomic E-state index is 0.0327. The normalized spacial score (nSPS) is 19.2. The van der Waals surface area contributed by atoms with Crippen LogP contribution < -0.4 is 11.1 Å². The number of amides is 1. The number of carbonyl (C=O) groups excluding carboxylic acids is 1. The lowest BCUT2D eigenvalue weighted by Gasteiger charge is -2.16. The van der Waals surface area contributed by atoms with Gasteiger partial charge in [0.2, 0.25) is 5.91 Å². The number of nitrogens with one attached hydrogen (secondary N) is 1. The molecule has 1 amide bonds. The van der Waals surface area contributed by atoms with Crippen molar-refractivity contribution in [1.29, 1.82) is 0 Å². The van der Waals surface area contributed by atoms with Gasteiger partial charge in [0.05, 0.1) is 17.3 Å². The summed E-state index contributed by atoms with van der Waals surface area (Å²) in [5.41, 5.74) is 6.87. The third kappa shape index (κ3) is 4.12. The van der Waals surface area contributed by atoms with Gasteiger partial charge >= 0.3 is 0 Å². The number of hydrogen-bond donors (Lipinski definition) is 2. The van der Waals surface area contributed by atoms with Crippen LogP contribution in [0.15, 0.2) is 18.2 Å². The van der Waals surface area contributed by atoms with Crippen LogP contribution in [0.4, 0.5) is 11.4 Å². The highest BCUT2D eigenvalue weighted by atomic mass is 35.5. The summed E-state index contributed by atoms with van der Waals surface area (Å²) >= 11 is 6.04. The number of likely N-dealkylation sites (tertiary alicyclic amines) is 1. The molecule has 2 rings (SSSR count). The monoisotopic (exact) mass is 295 g/mol. The van der Waals surface area contributed by atoms with E-state index < -0.39 is 0 Å². The van der Waals surface area contributed by atoms with Crippen LogP contribution in [-0.4, -0.2) is 30.4 Å². The molecule has 1 aliphatic heterocycles. The number of hydrogen-bond acceptors (Lipinski definition) is 3. The maximum absolute atomic E-state index is 12.0. The van der Waals surface area contributed by atoms with Crippen molar-refractivity contribution in [2.24, 2.45) is 5.92 Å². The number of halogens is 1. The molecule has 0 radical (unpaired) electrons. The standard InChI is InChI=1S/C15H22ClN3O/c1-2-3-11-6-7-19(9-11)10-15(20)18-14-8-12(17)4-5-13(14)16/h4-5,8,11H,2-3,6-7,9-10,17H2,1H3,(H,18,20). The Hall–Kier alpha value is -1.26. The first-order valence-corrected chi connectivity index (χ1v) is 7.53. The number of anilines is 2. The van der Waals surface area contributed by atoms with Crippen LogP contribution in [0, 0.1) is 5.92 Å². The number of benzene rings is 1. The molecule has 3 N–H and O–H groups in total. The summed E-state index contributed by atoms with van der Waals surface area (Å²) in [4.78, 5) is 14.2. The van der Waals surface area contributed by atoms with Crippen LogP contribution in [0.1, 0.15) is 26.2 Å². The molecule has 110 valence electrons. The fraction of sp³-hybridized carbons (Fsp3) is 0.533. The Labute approximate surface area is 125 Å². The Morgan fingerprint density at radius 3 is 3.10 bits per heavy atom. The number of nitrogen functional groups attached to an aromatic ring is 1. The first-order valence-electron chi connectivity index (χ1n) is 7.15. The van der Waals surface area contributed by atoms with Crippen molar-refractivity contribution in [2.45, 2.75) is 26.2 Å². The molecule has 0 aromatic heterocycles. The number of rotatable bonds is 5. The second-order valence-corrected chi connectivity index (χ2v) is 5.87. The highest BCUT2D eigenvalue weighted by molar-refractivity contribution is 6.33. The van der Waals surface area contributed by atoms with Crippen LogP contribution in [0.3, 0.4) is 0 Å². The Morgan fingerprint density at radius 2 is 2.35 bits per heavy atom. The van der Waals surface area contributed by atoms with Crippen molar-refractivity contribution in [1.82, 2.24) is 4.90 Å². The van der Waals surface area contributed by atoms with Crippen molar-refractivity contribution in [3.8, 4) is 0 Å². The number of nitrogens with zero attached hydrogens (tertiary/aromatic N) is 1. The molecule has 1 aliphatic rings. The van der Waals surface area contributed by atoms with Crippen LogP contribution in [0.5, 0.6) is 0 Å². The summed E-state index contributed by atoms with van der Waals surface area (Å²) in [6, 6.07) is 5.09. The third-order valence-corrected chi connectivity index (χ3v) is 4.03. The lowest BCUT2D eigenvalue weighted by Crippen LogP contribution is -2.31. The molecule has 1 aromatic carbocycles. The van der Waals surface area contributed by atoms with E-state index in [4.69, 9.17) is 17.3 Å². The zero-order valence-corrected chi connectivity index (χ0v) is 12.6. The van der Waals surface area contributed by atoms with Crippen molar-refractivity contribution in [3.05, 3.63) is 23.2 Å². The van der Waals surface area contributed by atoms with E-state index in [1.807, 2.05) is 0 Å². The lowest BCUT2D eigenvalue weighted by molar-refractivity contribution is -0.117. The lowest BCUT2D eigenvalue weighted by atomic mass is 10.0. The average Bonchev–Trinajstić information content (AvgIpc) is 2.81. The maximum atomic E-state index is 12.0. The van der Waals surface area contributed by atoms with Gasteiger partial charge in [-0.3, -0.25) is 9.69 Å². The summed E-state index contributed by atoms with van der Waals surface area (Å²) in [5.74, 6) is 0.707. The predicted octanol–water partition coefficient (Wildman–Crippen LogP) is 2.98. The molecule has 20 heavy (non-hydrogen) atoms. The predicted molar refractivity (Wildman–Crippen MR) is 83.9 cm³/mol. The van der Waals surface area contributed by atoms with Crippen LogP contribution in [0.25, 0.3) is 0 Å². The molecule has 0 aliphatic carbocycles. The fourth-order valence-electron chi connectivity index (χ4n) is 2.73. The largest absolute Gasteiger partial charge is 0.399 e. The van der Waals surface area contributed by atoms with E-state index in [0.717, 1.165) is 19.0 Å². The van der Waals surface area contributed by atoms with Gasteiger partial charge in [-0.2, -0.15) is 0 Å². The fourth-order valence-corrected chi connectivity index (χ4v) is 2.90. The Kier molecular flexibility index (Phi) is 5.26. The minimum Gasteiger partial charge on any atom is -0.399 e. The molecular formula is C15H22ClN3O. The molecule has 1 fully saturated rings. The molecule has 0 bridgehead atoms. The van der Waals surface area contributed by atoms with Crippen molar-refractivity contribution < 1.29 is 4.79 Å². The molecule has 5 heteroatoms. The minimum atomic E-state index is -0.0327. The second kappa shape index (κ2) is 6.95. The van der Waals surface area contributed by atoms with E-state index in [0.29, 0.717) is 22.9 Å². The average molecular weight is 296 g/mol. The van der Waals surface area contributed by atoms with E-state index in [2.05, 4.69) is 17.1 Å². The summed E-state index contributed by atoms with van der Waals surface area (Å²) < 4.78 is 0. The molecule has 1 atom stereocenters. The van der Waals surface area contributed by atoms with Crippen LogP contribution in [0.2, 0.25) is 5.02 Å². The second-order valence-electron chi connectivity index (χ2n) is 5.47. The quantitative estimate of drug-likeness (QED) is 0.821. The van der Waals surface area contributed by atoms with Gasteiger partial charge in [0.15, 0.2) is 0 Å². The Bertz CT molecular complexity index is 478. The smallest absolute Gasteiger partial charge is 0.238 e. The summed E-state index contributed by atoms with van der Waals surface area (Å²) in [6.07, 6.45) is 3.66. The maximum Gasteiger partial charge on any atom is 0.238 e. The van der Waals surface area contributed by atoms with Gasteiger partial charge in [-0.15, -0.1) is 0 Å². The molecule has 0 spiro atoms. The summed E-state index contributed by atoms with van der Waals surface area (Å²) in [6.45, 7) is 4.65. The van der Waals surface area contributed by atoms with Gasteiger partial charge in [0.1, 0.15) is 0 Å². The van der Waals surface area contributed by atoms with Gasteiger partial charge in [0, 0.05) is 12.2 Å². The number of carbonyl (C=O) groups is 1. The van der Waals surface area contributed by atoms with E-state index in [-0.39, 0.29) is 5.91 Å². The van der Waals surface area contributed by atoms with E-state index in [1.165, 1.54) is 19.3 Å². The van der Waals surface area contributed by atoms with Gasteiger partial charge < -0.3 is 11.1 Å². The Balaban J connectivity index is 1.85. The molecular weight excluding hydrogens is 274 g/mol. The van der Waals surface area contributed by atoms with E-state index >= 15 is 0 Å². The SMILES string of the molecule is CCCC1CCN(CC(=O)Nc2cc(N)ccc2Cl)C1. The summed E-state index contributed by atoms with van der Waals surface area (Å²) in [5, 5.41) is 3.34. The van der Waals surface area contributed by atoms with Gasteiger partial charge in [-0.1, -0.05) is 24.9 Å². The molecule has 4 nitrogen and oxygen atoms in total. The first-order chi connectivity index (χ1) is 9.58. The highest BCUT2D eigenvalue weighted by Crippen LogP contribution is 2.24. The summed E-state index contributed by atoms with van der Waals surface area (Å²) in [7, 11) is 0. The van der Waals surface area contributed by atoms with Crippen LogP contribution in [-0.2, 0) is 4.79 Å². The van der Waals surface area contributed by atoms with Crippen molar-refractivity contribution in [2.75, 3.05) is 30.7 Å². The van der Waals surface area contributed by atoms with Crippen LogP contribution >= 0.6 is 11.6 Å².